The normalized spacial score (nSPS) is 15.8. The Hall–Kier alpha value is -3.71. The number of rotatable bonds is 2. The number of nitrogens with one attached hydrogen (secondary N) is 1. The molecule has 1 N–H and O–H groups in total. The van der Waals surface area contributed by atoms with E-state index in [1.54, 1.807) is 12.1 Å². The van der Waals surface area contributed by atoms with Crippen molar-refractivity contribution in [1.82, 2.24) is 9.88 Å². The lowest BCUT2D eigenvalue weighted by Crippen LogP contribution is -2.37. The van der Waals surface area contributed by atoms with Crippen LogP contribution < -0.4 is 5.56 Å². The van der Waals surface area contributed by atoms with Gasteiger partial charge < -0.3 is 14.6 Å². The molecule has 0 aliphatic carbocycles. The minimum Gasteiger partial charge on any atom is -0.373 e. The van der Waals surface area contributed by atoms with Crippen LogP contribution in [0, 0.1) is 17.1 Å². The molecule has 1 amide bonds. The number of hydrogen-bond acceptors (Lipinski definition) is 4. The van der Waals surface area contributed by atoms with Gasteiger partial charge in [-0.15, -0.1) is 0 Å². The first-order chi connectivity index (χ1) is 15.1. The van der Waals surface area contributed by atoms with Crippen LogP contribution in [0.5, 0.6) is 0 Å². The van der Waals surface area contributed by atoms with Crippen LogP contribution in [0.3, 0.4) is 0 Å². The maximum atomic E-state index is 14.0. The van der Waals surface area contributed by atoms with Gasteiger partial charge in [0, 0.05) is 29.3 Å². The van der Waals surface area contributed by atoms with Crippen molar-refractivity contribution in [3.8, 4) is 6.07 Å². The van der Waals surface area contributed by atoms with Gasteiger partial charge >= 0.3 is 6.18 Å². The number of alkyl halides is 3. The predicted octanol–water partition coefficient (Wildman–Crippen LogP) is 3.90. The standard InChI is InChI=1S/C22H15F4N3O3/c1-29(21(31)12-3-5-15(16(23)7-12)22(24,25)26)18-10-32-9-17-19(18)13-4-2-11(8-27)6-14(13)20(30)28-17/h2-7,18H,9-10H2,1H3,(H,28,30)/t18-/m1/s1. The molecule has 1 aliphatic heterocycles. The van der Waals surface area contributed by atoms with E-state index in [9.17, 15) is 27.2 Å². The van der Waals surface area contributed by atoms with Crippen molar-refractivity contribution < 1.29 is 27.1 Å². The Morgan fingerprint density at radius 3 is 2.62 bits per heavy atom. The number of carbonyl (C=O) groups excluding carboxylic acids is 1. The zero-order valence-electron chi connectivity index (χ0n) is 16.6. The number of nitriles is 1. The Balaban J connectivity index is 1.77. The number of halogens is 4. The average Bonchev–Trinajstić information content (AvgIpc) is 2.76. The van der Waals surface area contributed by atoms with Gasteiger partial charge in [0.05, 0.1) is 36.5 Å². The molecule has 0 fully saturated rings. The van der Waals surface area contributed by atoms with E-state index in [2.05, 4.69) is 4.98 Å². The smallest absolute Gasteiger partial charge is 0.373 e. The van der Waals surface area contributed by atoms with Crippen LogP contribution in [-0.2, 0) is 17.5 Å². The minimum absolute atomic E-state index is 0.0551. The van der Waals surface area contributed by atoms with Gasteiger partial charge in [-0.1, -0.05) is 6.07 Å². The van der Waals surface area contributed by atoms with Gasteiger partial charge in [0.1, 0.15) is 5.82 Å². The molecule has 0 saturated heterocycles. The molecule has 2 aromatic carbocycles. The van der Waals surface area contributed by atoms with Crippen molar-refractivity contribution in [2.45, 2.75) is 18.8 Å². The molecule has 10 heteroatoms. The first kappa shape index (κ1) is 21.5. The predicted molar refractivity (Wildman–Crippen MR) is 105 cm³/mol. The number of aromatic nitrogens is 1. The fourth-order valence-electron chi connectivity index (χ4n) is 3.85. The molecule has 0 bridgehead atoms. The third kappa shape index (κ3) is 3.61. The number of likely N-dealkylation sites (N-methyl/N-ethyl adjacent to an activating group) is 1. The fourth-order valence-corrected chi connectivity index (χ4v) is 3.85. The molecule has 1 aromatic heterocycles. The zero-order valence-corrected chi connectivity index (χ0v) is 16.6. The van der Waals surface area contributed by atoms with E-state index in [4.69, 9.17) is 10.00 Å². The molecule has 164 valence electrons. The Morgan fingerprint density at radius 1 is 1.22 bits per heavy atom. The highest BCUT2D eigenvalue weighted by atomic mass is 19.4. The first-order valence-electron chi connectivity index (χ1n) is 9.42. The van der Waals surface area contributed by atoms with Crippen molar-refractivity contribution in [1.29, 1.82) is 5.26 Å². The van der Waals surface area contributed by atoms with E-state index in [-0.39, 0.29) is 29.7 Å². The maximum Gasteiger partial charge on any atom is 0.419 e. The summed E-state index contributed by atoms with van der Waals surface area (Å²) in [5, 5.41) is 9.90. The molecular formula is C22H15F4N3O3. The van der Waals surface area contributed by atoms with Gasteiger partial charge in [-0.3, -0.25) is 9.59 Å². The molecule has 32 heavy (non-hydrogen) atoms. The van der Waals surface area contributed by atoms with Crippen LogP contribution in [-0.4, -0.2) is 29.4 Å². The number of aromatic amines is 1. The highest BCUT2D eigenvalue weighted by molar-refractivity contribution is 5.95. The number of hydrogen-bond donors (Lipinski definition) is 1. The first-order valence-corrected chi connectivity index (χ1v) is 9.42. The van der Waals surface area contributed by atoms with E-state index in [1.165, 1.54) is 18.0 Å². The second-order valence-electron chi connectivity index (χ2n) is 7.36. The fraction of sp³-hybridized carbons (Fsp3) is 0.227. The van der Waals surface area contributed by atoms with E-state index in [0.717, 1.165) is 6.07 Å². The number of H-pyrrole nitrogens is 1. The number of benzene rings is 2. The van der Waals surface area contributed by atoms with Crippen molar-refractivity contribution in [3.05, 3.63) is 80.5 Å². The third-order valence-corrected chi connectivity index (χ3v) is 5.44. The molecule has 6 nitrogen and oxygen atoms in total. The lowest BCUT2D eigenvalue weighted by molar-refractivity contribution is -0.140. The second-order valence-corrected chi connectivity index (χ2v) is 7.36. The molecular weight excluding hydrogens is 430 g/mol. The van der Waals surface area contributed by atoms with Crippen molar-refractivity contribution in [2.75, 3.05) is 13.7 Å². The Labute approximate surface area is 178 Å². The molecule has 0 spiro atoms. The topological polar surface area (TPSA) is 86.2 Å². The molecule has 2 heterocycles. The largest absolute Gasteiger partial charge is 0.419 e. The molecule has 3 aromatic rings. The van der Waals surface area contributed by atoms with Crippen LogP contribution in [0.15, 0.2) is 41.2 Å². The number of nitrogens with zero attached hydrogens (tertiary/aromatic N) is 2. The molecule has 0 unspecified atom stereocenters. The van der Waals surface area contributed by atoms with Gasteiger partial charge in [-0.2, -0.15) is 18.4 Å². The summed E-state index contributed by atoms with van der Waals surface area (Å²) in [5.74, 6) is -2.26. The third-order valence-electron chi connectivity index (χ3n) is 5.44. The van der Waals surface area contributed by atoms with Gasteiger partial charge in [-0.05, 0) is 35.7 Å². The van der Waals surface area contributed by atoms with Crippen LogP contribution in [0.2, 0.25) is 0 Å². The lowest BCUT2D eigenvalue weighted by atomic mass is 9.94. The number of ether oxygens (including phenoxy) is 1. The van der Waals surface area contributed by atoms with E-state index in [0.29, 0.717) is 28.8 Å². The summed E-state index contributed by atoms with van der Waals surface area (Å²) in [6, 6.07) is 7.84. The minimum atomic E-state index is -4.87. The molecule has 4 rings (SSSR count). The highest BCUT2D eigenvalue weighted by Crippen LogP contribution is 2.35. The Kier molecular flexibility index (Phi) is 5.22. The number of carbonyl (C=O) groups is 1. The Morgan fingerprint density at radius 2 is 1.97 bits per heavy atom. The summed E-state index contributed by atoms with van der Waals surface area (Å²) < 4.78 is 58.0. The second kappa shape index (κ2) is 7.76. The van der Waals surface area contributed by atoms with Gasteiger partial charge in [0.2, 0.25) is 0 Å². The Bertz CT molecular complexity index is 1340. The monoisotopic (exact) mass is 445 g/mol. The molecule has 0 radical (unpaired) electrons. The average molecular weight is 445 g/mol. The molecule has 0 saturated carbocycles. The molecule has 1 atom stereocenters. The number of pyridine rings is 1. The summed E-state index contributed by atoms with van der Waals surface area (Å²) in [6.07, 6.45) is -4.87. The zero-order chi connectivity index (χ0) is 23.2. The molecule has 1 aliphatic rings. The summed E-state index contributed by atoms with van der Waals surface area (Å²) in [7, 11) is 1.42. The number of fused-ring (bicyclic) bond motifs is 3. The maximum absolute atomic E-state index is 14.0. The SMILES string of the molecule is CN(C(=O)c1ccc(C(F)(F)F)c(F)c1)[C@@H]1COCc2[nH]c(=O)c3cc(C#N)ccc3c21. The van der Waals surface area contributed by atoms with E-state index in [1.807, 2.05) is 6.07 Å². The highest BCUT2D eigenvalue weighted by Gasteiger charge is 2.35. The van der Waals surface area contributed by atoms with Crippen molar-refractivity contribution in [2.24, 2.45) is 0 Å². The quantitative estimate of drug-likeness (QED) is 0.607. The number of amides is 1. The van der Waals surface area contributed by atoms with E-state index < -0.39 is 35.1 Å². The lowest BCUT2D eigenvalue weighted by Gasteiger charge is -2.34. The van der Waals surface area contributed by atoms with Gasteiger partial charge in [-0.25, -0.2) is 4.39 Å². The summed E-state index contributed by atoms with van der Waals surface area (Å²) >= 11 is 0. The van der Waals surface area contributed by atoms with Gasteiger partial charge in [0.25, 0.3) is 11.5 Å². The van der Waals surface area contributed by atoms with Crippen molar-refractivity contribution in [3.63, 3.8) is 0 Å². The van der Waals surface area contributed by atoms with E-state index >= 15 is 0 Å². The van der Waals surface area contributed by atoms with Crippen molar-refractivity contribution >= 4 is 16.7 Å². The van der Waals surface area contributed by atoms with Gasteiger partial charge in [0.15, 0.2) is 0 Å². The van der Waals surface area contributed by atoms with Crippen LogP contribution in [0.25, 0.3) is 10.8 Å². The summed E-state index contributed by atoms with van der Waals surface area (Å²) in [5.41, 5.74) is -0.805. The van der Waals surface area contributed by atoms with Crippen LogP contribution in [0.1, 0.15) is 38.8 Å². The summed E-state index contributed by atoms with van der Waals surface area (Å²) in [4.78, 5) is 29.4. The van der Waals surface area contributed by atoms with Crippen LogP contribution >= 0.6 is 0 Å². The summed E-state index contributed by atoms with van der Waals surface area (Å²) in [6.45, 7) is 0.146. The van der Waals surface area contributed by atoms with Crippen LogP contribution in [0.4, 0.5) is 17.6 Å².